The number of rotatable bonds is 8. The molecule has 0 heterocycles. The molecule has 1 aromatic rings. The third kappa shape index (κ3) is 6.38. The largest absolute Gasteiger partial charge is 0.481 e. The summed E-state index contributed by atoms with van der Waals surface area (Å²) in [5.41, 5.74) is 0.593. The smallest absolute Gasteiger partial charge is 0.305 e. The van der Waals surface area contributed by atoms with E-state index in [1.807, 2.05) is 6.92 Å². The molecule has 0 aliphatic carbocycles. The highest BCUT2D eigenvalue weighted by Gasteiger charge is 2.19. The van der Waals surface area contributed by atoms with E-state index in [1.165, 1.54) is 24.3 Å². The Morgan fingerprint density at radius 2 is 1.86 bits per heavy atom. The number of carbonyl (C=O) groups excluding carboxylic acids is 1. The predicted octanol–water partition coefficient (Wildman–Crippen LogP) is 3.28. The Kier molecular flexibility index (Phi) is 6.85. The molecule has 116 valence electrons. The van der Waals surface area contributed by atoms with Gasteiger partial charge in [0.2, 0.25) is 5.91 Å². The normalized spacial score (nSPS) is 13.5. The highest BCUT2D eigenvalue weighted by Crippen LogP contribution is 2.19. The van der Waals surface area contributed by atoms with E-state index in [0.29, 0.717) is 12.0 Å². The average molecular weight is 295 g/mol. The van der Waals surface area contributed by atoms with E-state index in [1.54, 1.807) is 0 Å². The first-order valence-electron chi connectivity index (χ1n) is 7.19. The van der Waals surface area contributed by atoms with Crippen molar-refractivity contribution in [2.45, 2.75) is 45.6 Å². The molecule has 4 nitrogen and oxygen atoms in total. The predicted molar refractivity (Wildman–Crippen MR) is 78.2 cm³/mol. The minimum Gasteiger partial charge on any atom is -0.481 e. The molecule has 0 spiro atoms. The summed E-state index contributed by atoms with van der Waals surface area (Å²) < 4.78 is 12.9. The lowest BCUT2D eigenvalue weighted by molar-refractivity contribution is -0.137. The summed E-state index contributed by atoms with van der Waals surface area (Å²) in [6.07, 6.45) is 2.10. The molecule has 0 fully saturated rings. The Morgan fingerprint density at radius 1 is 1.24 bits per heavy atom. The molecule has 0 saturated heterocycles. The van der Waals surface area contributed by atoms with Gasteiger partial charge in [-0.25, -0.2) is 4.39 Å². The number of hydrogen-bond acceptors (Lipinski definition) is 2. The van der Waals surface area contributed by atoms with Crippen molar-refractivity contribution in [3.05, 3.63) is 35.6 Å². The van der Waals surface area contributed by atoms with Crippen LogP contribution in [0.25, 0.3) is 0 Å². The highest BCUT2D eigenvalue weighted by atomic mass is 19.1. The van der Waals surface area contributed by atoms with E-state index in [-0.39, 0.29) is 18.2 Å². The van der Waals surface area contributed by atoms with Crippen LogP contribution in [-0.4, -0.2) is 17.0 Å². The first-order chi connectivity index (χ1) is 9.92. The van der Waals surface area contributed by atoms with Crippen LogP contribution >= 0.6 is 0 Å². The van der Waals surface area contributed by atoms with Gasteiger partial charge in [-0.1, -0.05) is 38.8 Å². The quantitative estimate of drug-likeness (QED) is 0.773. The van der Waals surface area contributed by atoms with E-state index in [4.69, 9.17) is 5.11 Å². The Hall–Kier alpha value is -1.91. The summed E-state index contributed by atoms with van der Waals surface area (Å²) in [5.74, 6) is -1.32. The molecule has 0 aliphatic rings. The van der Waals surface area contributed by atoms with Crippen LogP contribution in [0.15, 0.2) is 24.3 Å². The van der Waals surface area contributed by atoms with Gasteiger partial charge in [0, 0.05) is 6.42 Å². The van der Waals surface area contributed by atoms with E-state index >= 15 is 0 Å². The van der Waals surface area contributed by atoms with Gasteiger partial charge in [-0.15, -0.1) is 0 Å². The Morgan fingerprint density at radius 3 is 2.38 bits per heavy atom. The van der Waals surface area contributed by atoms with E-state index in [0.717, 1.165) is 12.8 Å². The second kappa shape index (κ2) is 8.39. The zero-order valence-electron chi connectivity index (χ0n) is 12.4. The van der Waals surface area contributed by atoms with Crippen molar-refractivity contribution in [3.8, 4) is 0 Å². The summed E-state index contributed by atoms with van der Waals surface area (Å²) in [6.45, 7) is 4.05. The van der Waals surface area contributed by atoms with Crippen molar-refractivity contribution >= 4 is 11.9 Å². The fourth-order valence-corrected chi connectivity index (χ4v) is 2.29. The average Bonchev–Trinajstić information content (AvgIpc) is 2.38. The molecular weight excluding hydrogens is 273 g/mol. The van der Waals surface area contributed by atoms with Gasteiger partial charge < -0.3 is 10.4 Å². The number of halogens is 1. The summed E-state index contributed by atoms with van der Waals surface area (Å²) >= 11 is 0. The molecule has 0 aromatic heterocycles. The topological polar surface area (TPSA) is 66.4 Å². The fourth-order valence-electron chi connectivity index (χ4n) is 2.29. The number of carboxylic acids is 1. The minimum atomic E-state index is -1.01. The van der Waals surface area contributed by atoms with Gasteiger partial charge in [-0.05, 0) is 23.6 Å². The third-order valence-electron chi connectivity index (χ3n) is 3.30. The number of nitrogens with one attached hydrogen (secondary N) is 1. The van der Waals surface area contributed by atoms with Gasteiger partial charge in [0.25, 0.3) is 0 Å². The zero-order valence-corrected chi connectivity index (χ0v) is 12.4. The van der Waals surface area contributed by atoms with Crippen LogP contribution in [0.2, 0.25) is 0 Å². The zero-order chi connectivity index (χ0) is 15.8. The van der Waals surface area contributed by atoms with Crippen molar-refractivity contribution in [1.29, 1.82) is 0 Å². The molecule has 0 aliphatic heterocycles. The standard InChI is InChI=1S/C16H22FNO3/c1-3-4-11(2)9-15(19)18-14(10-16(20)21)12-5-7-13(17)8-6-12/h5-8,11,14H,3-4,9-10H2,1-2H3,(H,18,19)(H,20,21). The molecule has 2 atom stereocenters. The Labute approximate surface area is 124 Å². The van der Waals surface area contributed by atoms with Gasteiger partial charge in [-0.2, -0.15) is 0 Å². The van der Waals surface area contributed by atoms with Gasteiger partial charge in [0.1, 0.15) is 5.82 Å². The fraction of sp³-hybridized carbons (Fsp3) is 0.500. The van der Waals surface area contributed by atoms with Crippen molar-refractivity contribution < 1.29 is 19.1 Å². The van der Waals surface area contributed by atoms with Gasteiger partial charge in [-0.3, -0.25) is 9.59 Å². The van der Waals surface area contributed by atoms with Gasteiger partial charge >= 0.3 is 5.97 Å². The van der Waals surface area contributed by atoms with Crippen LogP contribution in [0.5, 0.6) is 0 Å². The van der Waals surface area contributed by atoms with E-state index < -0.39 is 17.8 Å². The maximum atomic E-state index is 12.9. The number of amides is 1. The van der Waals surface area contributed by atoms with Gasteiger partial charge in [0.15, 0.2) is 0 Å². The van der Waals surface area contributed by atoms with E-state index in [9.17, 15) is 14.0 Å². The van der Waals surface area contributed by atoms with Crippen molar-refractivity contribution in [2.75, 3.05) is 0 Å². The highest BCUT2D eigenvalue weighted by molar-refractivity contribution is 5.78. The molecule has 2 N–H and O–H groups in total. The second-order valence-electron chi connectivity index (χ2n) is 5.37. The van der Waals surface area contributed by atoms with Crippen LogP contribution in [0.3, 0.4) is 0 Å². The molecule has 21 heavy (non-hydrogen) atoms. The lowest BCUT2D eigenvalue weighted by atomic mass is 10.00. The number of carboxylic acid groups (broad SMARTS) is 1. The van der Waals surface area contributed by atoms with Crippen LogP contribution in [0.4, 0.5) is 4.39 Å². The lowest BCUT2D eigenvalue weighted by Gasteiger charge is -2.19. The Bertz CT molecular complexity index is 473. The summed E-state index contributed by atoms with van der Waals surface area (Å²) in [7, 11) is 0. The second-order valence-corrected chi connectivity index (χ2v) is 5.37. The summed E-state index contributed by atoms with van der Waals surface area (Å²) in [5, 5.41) is 11.7. The molecule has 0 saturated carbocycles. The molecular formula is C16H22FNO3. The number of aliphatic carboxylic acids is 1. The van der Waals surface area contributed by atoms with Crippen LogP contribution in [0, 0.1) is 11.7 Å². The van der Waals surface area contributed by atoms with Crippen molar-refractivity contribution in [2.24, 2.45) is 5.92 Å². The maximum absolute atomic E-state index is 12.9. The van der Waals surface area contributed by atoms with Gasteiger partial charge in [0.05, 0.1) is 12.5 Å². The Balaban J connectivity index is 2.72. The minimum absolute atomic E-state index is 0.175. The summed E-state index contributed by atoms with van der Waals surface area (Å²) in [4.78, 5) is 22.9. The molecule has 0 radical (unpaired) electrons. The van der Waals surface area contributed by atoms with Crippen LogP contribution in [0.1, 0.15) is 51.1 Å². The van der Waals surface area contributed by atoms with Crippen molar-refractivity contribution in [3.63, 3.8) is 0 Å². The van der Waals surface area contributed by atoms with Crippen LogP contribution < -0.4 is 5.32 Å². The third-order valence-corrected chi connectivity index (χ3v) is 3.30. The lowest BCUT2D eigenvalue weighted by Crippen LogP contribution is -2.31. The molecule has 1 amide bonds. The van der Waals surface area contributed by atoms with E-state index in [2.05, 4.69) is 12.2 Å². The molecule has 0 bridgehead atoms. The molecule has 1 aromatic carbocycles. The van der Waals surface area contributed by atoms with Crippen molar-refractivity contribution in [1.82, 2.24) is 5.32 Å². The molecule has 2 unspecified atom stereocenters. The SMILES string of the molecule is CCCC(C)CC(=O)NC(CC(=O)O)c1ccc(F)cc1. The maximum Gasteiger partial charge on any atom is 0.305 e. The number of carbonyl (C=O) groups is 2. The number of hydrogen-bond donors (Lipinski definition) is 2. The number of benzene rings is 1. The first kappa shape index (κ1) is 17.1. The first-order valence-corrected chi connectivity index (χ1v) is 7.19. The summed E-state index contributed by atoms with van der Waals surface area (Å²) in [6, 6.07) is 4.88. The van der Waals surface area contributed by atoms with Crippen LogP contribution in [-0.2, 0) is 9.59 Å². The monoisotopic (exact) mass is 295 g/mol. The molecule has 5 heteroatoms. The molecule has 1 rings (SSSR count).